The molecule has 3 rings (SSSR count). The van der Waals surface area contributed by atoms with Gasteiger partial charge in [0.15, 0.2) is 5.13 Å². The van der Waals surface area contributed by atoms with Gasteiger partial charge < -0.3 is 4.74 Å². The van der Waals surface area contributed by atoms with Crippen molar-refractivity contribution < 1.29 is 13.2 Å². The molecule has 25 heavy (non-hydrogen) atoms. The van der Waals surface area contributed by atoms with Gasteiger partial charge in [0.1, 0.15) is 5.75 Å². The minimum Gasteiger partial charge on any atom is -0.494 e. The summed E-state index contributed by atoms with van der Waals surface area (Å²) in [4.78, 5) is 4.65. The van der Waals surface area contributed by atoms with Gasteiger partial charge in [0.2, 0.25) is 0 Å². The summed E-state index contributed by atoms with van der Waals surface area (Å²) in [6.45, 7) is 8.17. The fourth-order valence-electron chi connectivity index (χ4n) is 2.60. The van der Waals surface area contributed by atoms with Crippen LogP contribution in [0, 0.1) is 20.8 Å². The van der Waals surface area contributed by atoms with Gasteiger partial charge in [-0.1, -0.05) is 17.4 Å². The van der Waals surface area contributed by atoms with Gasteiger partial charge in [0.05, 0.1) is 21.7 Å². The second kappa shape index (κ2) is 6.65. The van der Waals surface area contributed by atoms with E-state index < -0.39 is 10.0 Å². The summed E-state index contributed by atoms with van der Waals surface area (Å²) in [5.41, 5.74) is 3.47. The molecule has 0 saturated carbocycles. The molecule has 0 atom stereocenters. The van der Waals surface area contributed by atoms with Crippen molar-refractivity contribution in [2.24, 2.45) is 0 Å². The molecule has 0 aliphatic rings. The Morgan fingerprint density at radius 3 is 2.52 bits per heavy atom. The predicted molar refractivity (Wildman–Crippen MR) is 102 cm³/mol. The molecular weight excluding hydrogens is 356 g/mol. The third kappa shape index (κ3) is 3.62. The molecule has 1 aromatic heterocycles. The molecule has 0 radical (unpaired) electrons. The Morgan fingerprint density at radius 2 is 1.80 bits per heavy atom. The predicted octanol–water partition coefficient (Wildman–Crippen LogP) is 4.42. The summed E-state index contributed by atoms with van der Waals surface area (Å²) in [6, 6.07) is 9.12. The van der Waals surface area contributed by atoms with Crippen molar-refractivity contribution in [3.05, 3.63) is 47.0 Å². The maximum Gasteiger partial charge on any atom is 0.263 e. The number of hydrogen-bond donors (Lipinski definition) is 1. The Morgan fingerprint density at radius 1 is 1.08 bits per heavy atom. The van der Waals surface area contributed by atoms with Crippen LogP contribution in [0.5, 0.6) is 5.75 Å². The molecule has 0 amide bonds. The number of ether oxygens (including phenoxy) is 1. The Balaban J connectivity index is 1.95. The average Bonchev–Trinajstić information content (AvgIpc) is 2.91. The second-order valence-electron chi connectivity index (χ2n) is 5.89. The quantitative estimate of drug-likeness (QED) is 0.716. The van der Waals surface area contributed by atoms with E-state index in [0.717, 1.165) is 32.7 Å². The minimum absolute atomic E-state index is 0.282. The Kier molecular flexibility index (Phi) is 4.71. The first kappa shape index (κ1) is 17.7. The van der Waals surface area contributed by atoms with Crippen LogP contribution in [0.1, 0.15) is 23.6 Å². The zero-order chi connectivity index (χ0) is 18.2. The highest BCUT2D eigenvalue weighted by Crippen LogP contribution is 2.31. The fraction of sp³-hybridized carbons (Fsp3) is 0.278. The normalized spacial score (nSPS) is 11.7. The van der Waals surface area contributed by atoms with Crippen LogP contribution in [0.4, 0.5) is 5.13 Å². The summed E-state index contributed by atoms with van der Waals surface area (Å²) in [7, 11) is -3.68. The van der Waals surface area contributed by atoms with E-state index in [1.165, 1.54) is 11.3 Å². The molecule has 0 unspecified atom stereocenters. The first-order valence-electron chi connectivity index (χ1n) is 7.94. The molecule has 5 nitrogen and oxygen atoms in total. The summed E-state index contributed by atoms with van der Waals surface area (Å²) in [5, 5.41) is 0.348. The van der Waals surface area contributed by atoms with Gasteiger partial charge in [0, 0.05) is 0 Å². The number of nitrogens with zero attached hydrogens (tertiary/aromatic N) is 1. The molecule has 7 heteroatoms. The molecule has 1 N–H and O–H groups in total. The lowest BCUT2D eigenvalue weighted by Gasteiger charge is -2.11. The smallest absolute Gasteiger partial charge is 0.263 e. The van der Waals surface area contributed by atoms with Crippen molar-refractivity contribution in [1.29, 1.82) is 0 Å². The van der Waals surface area contributed by atoms with E-state index >= 15 is 0 Å². The van der Waals surface area contributed by atoms with Crippen LogP contribution in [-0.4, -0.2) is 20.0 Å². The number of anilines is 1. The Hall–Kier alpha value is -2.12. The van der Waals surface area contributed by atoms with Crippen molar-refractivity contribution in [3.8, 4) is 5.75 Å². The van der Waals surface area contributed by atoms with Crippen LogP contribution in [0.15, 0.2) is 35.2 Å². The lowest BCUT2D eigenvalue weighted by atomic mass is 10.1. The number of hydrogen-bond acceptors (Lipinski definition) is 5. The summed E-state index contributed by atoms with van der Waals surface area (Å²) in [5.74, 6) is 0.748. The van der Waals surface area contributed by atoms with Gasteiger partial charge >= 0.3 is 0 Å². The first-order chi connectivity index (χ1) is 11.8. The van der Waals surface area contributed by atoms with Gasteiger partial charge in [-0.3, -0.25) is 4.72 Å². The Labute approximate surface area is 151 Å². The number of rotatable bonds is 5. The molecule has 0 aliphatic carbocycles. The standard InChI is InChI=1S/C18H20N2O3S2/c1-5-23-14-6-7-15-16(10-14)24-18(19-15)20-25(21,22)17-9-12(3)11(2)8-13(17)4/h6-10H,5H2,1-4H3,(H,19,20). The van der Waals surface area contributed by atoms with Gasteiger partial charge in [-0.15, -0.1) is 0 Å². The maximum absolute atomic E-state index is 12.8. The van der Waals surface area contributed by atoms with E-state index in [-0.39, 0.29) is 4.90 Å². The van der Waals surface area contributed by atoms with Gasteiger partial charge in [0.25, 0.3) is 10.0 Å². The van der Waals surface area contributed by atoms with Gasteiger partial charge in [-0.25, -0.2) is 13.4 Å². The summed E-state index contributed by atoms with van der Waals surface area (Å²) >= 11 is 1.29. The fourth-order valence-corrected chi connectivity index (χ4v) is 5.04. The van der Waals surface area contributed by atoms with E-state index in [1.807, 2.05) is 45.0 Å². The highest BCUT2D eigenvalue weighted by atomic mass is 32.2. The number of aryl methyl sites for hydroxylation is 3. The SMILES string of the molecule is CCOc1ccc2nc(NS(=O)(=O)c3cc(C)c(C)cc3C)sc2c1. The van der Waals surface area contributed by atoms with Crippen molar-refractivity contribution in [3.63, 3.8) is 0 Å². The molecule has 1 heterocycles. The van der Waals surface area contributed by atoms with Crippen molar-refractivity contribution in [1.82, 2.24) is 4.98 Å². The van der Waals surface area contributed by atoms with Crippen molar-refractivity contribution in [2.45, 2.75) is 32.6 Å². The molecule has 0 aliphatic heterocycles. The molecule has 2 aromatic carbocycles. The third-order valence-corrected chi connectivity index (χ3v) is 6.52. The van der Waals surface area contributed by atoms with E-state index in [0.29, 0.717) is 11.7 Å². The second-order valence-corrected chi connectivity index (χ2v) is 8.57. The molecule has 0 saturated heterocycles. The van der Waals surface area contributed by atoms with Crippen LogP contribution >= 0.6 is 11.3 Å². The largest absolute Gasteiger partial charge is 0.494 e. The van der Waals surface area contributed by atoms with E-state index in [1.54, 1.807) is 13.0 Å². The molecule has 0 spiro atoms. The van der Waals surface area contributed by atoms with Crippen LogP contribution in [-0.2, 0) is 10.0 Å². The molecular formula is C18H20N2O3S2. The number of aromatic nitrogens is 1. The monoisotopic (exact) mass is 376 g/mol. The molecule has 0 fully saturated rings. The van der Waals surface area contributed by atoms with E-state index in [2.05, 4.69) is 9.71 Å². The maximum atomic E-state index is 12.8. The number of fused-ring (bicyclic) bond motifs is 1. The van der Waals surface area contributed by atoms with Crippen molar-refractivity contribution in [2.75, 3.05) is 11.3 Å². The van der Waals surface area contributed by atoms with Crippen LogP contribution < -0.4 is 9.46 Å². The number of benzene rings is 2. The van der Waals surface area contributed by atoms with Crippen LogP contribution in [0.25, 0.3) is 10.2 Å². The molecule has 0 bridgehead atoms. The average molecular weight is 377 g/mol. The topological polar surface area (TPSA) is 68.3 Å². The van der Waals surface area contributed by atoms with E-state index in [4.69, 9.17) is 4.74 Å². The number of thiazole rings is 1. The lowest BCUT2D eigenvalue weighted by molar-refractivity contribution is 0.341. The van der Waals surface area contributed by atoms with Crippen LogP contribution in [0.2, 0.25) is 0 Å². The zero-order valence-electron chi connectivity index (χ0n) is 14.6. The summed E-state index contributed by atoms with van der Waals surface area (Å²) < 4.78 is 34.5. The molecule has 3 aromatic rings. The minimum atomic E-state index is -3.68. The Bertz CT molecular complexity index is 1040. The molecule has 132 valence electrons. The highest BCUT2D eigenvalue weighted by molar-refractivity contribution is 7.93. The van der Waals surface area contributed by atoms with Crippen LogP contribution in [0.3, 0.4) is 0 Å². The number of nitrogens with one attached hydrogen (secondary N) is 1. The zero-order valence-corrected chi connectivity index (χ0v) is 16.2. The van der Waals surface area contributed by atoms with Crippen molar-refractivity contribution >= 4 is 36.7 Å². The summed E-state index contributed by atoms with van der Waals surface area (Å²) in [6.07, 6.45) is 0. The number of sulfonamides is 1. The lowest BCUT2D eigenvalue weighted by Crippen LogP contribution is -2.14. The third-order valence-electron chi connectivity index (χ3n) is 3.97. The van der Waals surface area contributed by atoms with E-state index in [9.17, 15) is 8.42 Å². The van der Waals surface area contributed by atoms with Gasteiger partial charge in [-0.05, 0) is 68.7 Å². The highest BCUT2D eigenvalue weighted by Gasteiger charge is 2.20. The first-order valence-corrected chi connectivity index (χ1v) is 10.2. The van der Waals surface area contributed by atoms with Gasteiger partial charge in [-0.2, -0.15) is 0 Å².